The van der Waals surface area contributed by atoms with E-state index in [2.05, 4.69) is 56.1 Å². The zero-order chi connectivity index (χ0) is 13.8. The van der Waals surface area contributed by atoms with Crippen LogP contribution in [0.2, 0.25) is 0 Å². The van der Waals surface area contributed by atoms with Gasteiger partial charge in [0.2, 0.25) is 0 Å². The summed E-state index contributed by atoms with van der Waals surface area (Å²) in [6.45, 7) is 13.5. The molecule has 2 rings (SSSR count). The molecule has 1 saturated heterocycles. The minimum absolute atomic E-state index is 0.803. The highest BCUT2D eigenvalue weighted by Gasteiger charge is 2.23. The predicted molar refractivity (Wildman–Crippen MR) is 83.7 cm³/mol. The van der Waals surface area contributed by atoms with E-state index in [1.54, 1.807) is 0 Å². The average molecular weight is 260 g/mol. The fraction of sp³-hybridized carbons (Fsp3) is 0.647. The first-order valence-corrected chi connectivity index (χ1v) is 7.65. The summed E-state index contributed by atoms with van der Waals surface area (Å²) in [7, 11) is 0. The number of piperidine rings is 1. The van der Waals surface area contributed by atoms with Gasteiger partial charge in [-0.2, -0.15) is 0 Å². The number of aryl methyl sites for hydroxylation is 1. The molecule has 0 saturated carbocycles. The van der Waals surface area contributed by atoms with Crippen LogP contribution in [0.1, 0.15) is 38.3 Å². The monoisotopic (exact) mass is 260 g/mol. The zero-order valence-electron chi connectivity index (χ0n) is 12.9. The lowest BCUT2D eigenvalue weighted by Gasteiger charge is -2.37. The molecule has 0 aliphatic carbocycles. The summed E-state index contributed by atoms with van der Waals surface area (Å²) in [6, 6.07) is 6.89. The third kappa shape index (κ3) is 3.73. The van der Waals surface area contributed by atoms with Crippen LogP contribution < -0.4 is 10.2 Å². The van der Waals surface area contributed by atoms with E-state index in [-0.39, 0.29) is 0 Å². The molecule has 1 N–H and O–H groups in total. The van der Waals surface area contributed by atoms with Crippen LogP contribution in [0.5, 0.6) is 0 Å². The van der Waals surface area contributed by atoms with Crippen LogP contribution in [0.3, 0.4) is 0 Å². The van der Waals surface area contributed by atoms with Crippen molar-refractivity contribution in [2.24, 2.45) is 11.8 Å². The Morgan fingerprint density at radius 3 is 2.53 bits per heavy atom. The van der Waals surface area contributed by atoms with Gasteiger partial charge in [-0.05, 0) is 43.4 Å². The van der Waals surface area contributed by atoms with Gasteiger partial charge in [-0.15, -0.1) is 0 Å². The Morgan fingerprint density at radius 2 is 1.89 bits per heavy atom. The molecular formula is C17H28N2. The molecule has 106 valence electrons. The maximum Gasteiger partial charge on any atom is 0.0412 e. The smallest absolute Gasteiger partial charge is 0.0412 e. The topological polar surface area (TPSA) is 15.3 Å². The molecule has 0 aromatic heterocycles. The normalized spacial score (nSPS) is 23.7. The molecule has 0 amide bonds. The largest absolute Gasteiger partial charge is 0.371 e. The molecule has 1 aromatic carbocycles. The van der Waals surface area contributed by atoms with Crippen molar-refractivity contribution >= 4 is 5.69 Å². The minimum Gasteiger partial charge on any atom is -0.371 e. The second kappa shape index (κ2) is 6.42. The molecule has 1 fully saturated rings. The molecule has 1 aromatic rings. The number of nitrogens with one attached hydrogen (secondary N) is 1. The van der Waals surface area contributed by atoms with Gasteiger partial charge in [-0.25, -0.2) is 0 Å². The van der Waals surface area contributed by atoms with Gasteiger partial charge in [0.25, 0.3) is 0 Å². The molecule has 0 radical (unpaired) electrons. The summed E-state index contributed by atoms with van der Waals surface area (Å²) in [5, 5.41) is 3.47. The van der Waals surface area contributed by atoms with Crippen molar-refractivity contribution in [3.05, 3.63) is 29.3 Å². The lowest BCUT2D eigenvalue weighted by atomic mass is 9.91. The van der Waals surface area contributed by atoms with E-state index < -0.39 is 0 Å². The summed E-state index contributed by atoms with van der Waals surface area (Å²) in [5.74, 6) is 1.61. The lowest BCUT2D eigenvalue weighted by Crippen LogP contribution is -2.39. The molecule has 2 heteroatoms. The van der Waals surface area contributed by atoms with Gasteiger partial charge in [0.05, 0.1) is 0 Å². The van der Waals surface area contributed by atoms with Crippen LogP contribution >= 0.6 is 0 Å². The highest BCUT2D eigenvalue weighted by Crippen LogP contribution is 2.29. The quantitative estimate of drug-likeness (QED) is 0.890. The SMILES string of the molecule is CCNCc1cc(C)ccc1N1CC(C)CC(C)C1. The highest BCUT2D eigenvalue weighted by atomic mass is 15.1. The lowest BCUT2D eigenvalue weighted by molar-refractivity contribution is 0.356. The summed E-state index contributed by atoms with van der Waals surface area (Å²) in [4.78, 5) is 2.59. The Balaban J connectivity index is 2.22. The standard InChI is InChI=1S/C17H28N2/c1-5-18-10-16-9-13(2)6-7-17(16)19-11-14(3)8-15(4)12-19/h6-7,9,14-15,18H,5,8,10-12H2,1-4H3. The maximum atomic E-state index is 3.47. The van der Waals surface area contributed by atoms with E-state index in [9.17, 15) is 0 Å². The van der Waals surface area contributed by atoms with Crippen molar-refractivity contribution in [1.82, 2.24) is 5.32 Å². The van der Waals surface area contributed by atoms with Gasteiger partial charge in [0.15, 0.2) is 0 Å². The molecule has 0 bridgehead atoms. The Morgan fingerprint density at radius 1 is 1.21 bits per heavy atom. The molecular weight excluding hydrogens is 232 g/mol. The van der Waals surface area contributed by atoms with Gasteiger partial charge in [0.1, 0.15) is 0 Å². The van der Waals surface area contributed by atoms with E-state index in [1.807, 2.05) is 0 Å². The van der Waals surface area contributed by atoms with Crippen molar-refractivity contribution in [3.63, 3.8) is 0 Å². The second-order valence-electron chi connectivity index (χ2n) is 6.26. The van der Waals surface area contributed by atoms with Crippen LogP contribution in [-0.4, -0.2) is 19.6 Å². The molecule has 1 heterocycles. The van der Waals surface area contributed by atoms with E-state index in [0.29, 0.717) is 0 Å². The zero-order valence-corrected chi connectivity index (χ0v) is 12.9. The second-order valence-corrected chi connectivity index (χ2v) is 6.26. The van der Waals surface area contributed by atoms with Crippen LogP contribution in [-0.2, 0) is 6.54 Å². The summed E-state index contributed by atoms with van der Waals surface area (Å²) in [6.07, 6.45) is 1.37. The third-order valence-electron chi connectivity index (χ3n) is 4.01. The van der Waals surface area contributed by atoms with Crippen LogP contribution in [0, 0.1) is 18.8 Å². The Labute approximate surface area is 118 Å². The molecule has 1 aliphatic heterocycles. The predicted octanol–water partition coefficient (Wildman–Crippen LogP) is 3.59. The van der Waals surface area contributed by atoms with E-state index in [4.69, 9.17) is 0 Å². The minimum atomic E-state index is 0.803. The van der Waals surface area contributed by atoms with Crippen molar-refractivity contribution in [2.75, 3.05) is 24.5 Å². The van der Waals surface area contributed by atoms with Crippen molar-refractivity contribution in [1.29, 1.82) is 0 Å². The van der Waals surface area contributed by atoms with Crippen LogP contribution in [0.25, 0.3) is 0 Å². The number of rotatable bonds is 4. The average Bonchev–Trinajstić information content (AvgIpc) is 2.35. The molecule has 1 aliphatic rings. The first kappa shape index (κ1) is 14.4. The van der Waals surface area contributed by atoms with Crippen molar-refractivity contribution in [3.8, 4) is 0 Å². The van der Waals surface area contributed by atoms with Crippen molar-refractivity contribution in [2.45, 2.75) is 40.7 Å². The fourth-order valence-electron chi connectivity index (χ4n) is 3.28. The summed E-state index contributed by atoms with van der Waals surface area (Å²) in [5.41, 5.74) is 4.24. The molecule has 2 nitrogen and oxygen atoms in total. The Kier molecular flexibility index (Phi) is 4.87. The number of hydrogen-bond donors (Lipinski definition) is 1. The van der Waals surface area contributed by atoms with Crippen LogP contribution in [0.15, 0.2) is 18.2 Å². The molecule has 2 unspecified atom stereocenters. The maximum absolute atomic E-state index is 3.47. The molecule has 0 spiro atoms. The first-order valence-electron chi connectivity index (χ1n) is 7.65. The number of anilines is 1. The number of hydrogen-bond acceptors (Lipinski definition) is 2. The van der Waals surface area contributed by atoms with Crippen LogP contribution in [0.4, 0.5) is 5.69 Å². The third-order valence-corrected chi connectivity index (χ3v) is 4.01. The summed E-state index contributed by atoms with van der Waals surface area (Å²) >= 11 is 0. The number of benzene rings is 1. The molecule has 19 heavy (non-hydrogen) atoms. The van der Waals surface area contributed by atoms with E-state index >= 15 is 0 Å². The van der Waals surface area contributed by atoms with Gasteiger partial charge in [-0.1, -0.05) is 38.5 Å². The van der Waals surface area contributed by atoms with Gasteiger partial charge in [-0.3, -0.25) is 0 Å². The van der Waals surface area contributed by atoms with E-state index in [1.165, 1.54) is 36.3 Å². The first-order chi connectivity index (χ1) is 9.10. The Hall–Kier alpha value is -1.02. The Bertz CT molecular complexity index is 404. The number of nitrogens with zero attached hydrogens (tertiary/aromatic N) is 1. The van der Waals surface area contributed by atoms with Gasteiger partial charge in [0, 0.05) is 25.3 Å². The van der Waals surface area contributed by atoms with Crippen molar-refractivity contribution < 1.29 is 0 Å². The van der Waals surface area contributed by atoms with Gasteiger partial charge < -0.3 is 10.2 Å². The fourth-order valence-corrected chi connectivity index (χ4v) is 3.28. The van der Waals surface area contributed by atoms with E-state index in [0.717, 1.165) is 24.9 Å². The summed E-state index contributed by atoms with van der Waals surface area (Å²) < 4.78 is 0. The molecule has 2 atom stereocenters. The van der Waals surface area contributed by atoms with Gasteiger partial charge >= 0.3 is 0 Å². The highest BCUT2D eigenvalue weighted by molar-refractivity contribution is 5.55.